The molecule has 0 aliphatic heterocycles. The van der Waals surface area contributed by atoms with E-state index in [2.05, 4.69) is 10.6 Å². The number of hydrogen-bond donors (Lipinski definition) is 3. The number of nitrogens with one attached hydrogen (secondary N) is 2. The zero-order valence-corrected chi connectivity index (χ0v) is 13.0. The summed E-state index contributed by atoms with van der Waals surface area (Å²) in [5.41, 5.74) is 6.00. The van der Waals surface area contributed by atoms with Crippen molar-refractivity contribution >= 4 is 23.5 Å². The van der Waals surface area contributed by atoms with E-state index in [0.717, 1.165) is 18.4 Å². The molecule has 0 saturated heterocycles. The Hall–Kier alpha value is -1.75. The molecule has 21 heavy (non-hydrogen) atoms. The Kier molecular flexibility index (Phi) is 7.61. The van der Waals surface area contributed by atoms with Gasteiger partial charge in [-0.05, 0) is 37.0 Å². The molecule has 0 radical (unpaired) electrons. The van der Waals surface area contributed by atoms with Crippen molar-refractivity contribution in [2.45, 2.75) is 38.6 Å². The van der Waals surface area contributed by atoms with E-state index in [1.807, 2.05) is 31.2 Å². The number of nitrogens with two attached hydrogens (primary N) is 1. The van der Waals surface area contributed by atoms with Gasteiger partial charge < -0.3 is 16.4 Å². The molecule has 0 spiro atoms. The van der Waals surface area contributed by atoms with Crippen LogP contribution in [0.3, 0.4) is 0 Å². The number of urea groups is 1. The van der Waals surface area contributed by atoms with Crippen LogP contribution in [0.2, 0.25) is 5.02 Å². The maximum Gasteiger partial charge on any atom is 0.312 e. The molecule has 1 atom stereocenters. The summed E-state index contributed by atoms with van der Waals surface area (Å²) >= 11 is 5.86. The fourth-order valence-corrected chi connectivity index (χ4v) is 2.13. The van der Waals surface area contributed by atoms with Crippen LogP contribution in [0.5, 0.6) is 0 Å². The Morgan fingerprint density at radius 1 is 1.24 bits per heavy atom. The van der Waals surface area contributed by atoms with Gasteiger partial charge >= 0.3 is 6.03 Å². The standard InChI is InChI=1S/C15H22ClN3O2/c1-2-13(11-6-8-12(16)9-7-11)19-14(20)5-3-4-10-18-15(17)21/h6-9,13H,2-5,10H2,1H3,(H,19,20)(H3,17,18,21). The number of rotatable bonds is 8. The van der Waals surface area contributed by atoms with Crippen molar-refractivity contribution in [3.8, 4) is 0 Å². The first-order valence-electron chi connectivity index (χ1n) is 7.11. The molecule has 1 aromatic rings. The molecule has 0 saturated carbocycles. The summed E-state index contributed by atoms with van der Waals surface area (Å²) in [6.07, 6.45) is 2.69. The van der Waals surface area contributed by atoms with Gasteiger partial charge in [0.15, 0.2) is 0 Å². The number of carbonyl (C=O) groups is 2. The zero-order chi connectivity index (χ0) is 15.7. The number of unbranched alkanes of at least 4 members (excludes halogenated alkanes) is 1. The van der Waals surface area contributed by atoms with E-state index in [0.29, 0.717) is 24.4 Å². The zero-order valence-electron chi connectivity index (χ0n) is 12.2. The number of amides is 3. The van der Waals surface area contributed by atoms with Gasteiger partial charge in [-0.2, -0.15) is 0 Å². The highest BCUT2D eigenvalue weighted by Crippen LogP contribution is 2.19. The Morgan fingerprint density at radius 2 is 1.90 bits per heavy atom. The van der Waals surface area contributed by atoms with Crippen LogP contribution < -0.4 is 16.4 Å². The van der Waals surface area contributed by atoms with Crippen LogP contribution in [0.25, 0.3) is 0 Å². The quantitative estimate of drug-likeness (QED) is 0.645. The lowest BCUT2D eigenvalue weighted by Gasteiger charge is -2.17. The van der Waals surface area contributed by atoms with Crippen LogP contribution in [-0.4, -0.2) is 18.5 Å². The molecule has 0 aromatic heterocycles. The van der Waals surface area contributed by atoms with Crippen molar-refractivity contribution in [2.75, 3.05) is 6.54 Å². The lowest BCUT2D eigenvalue weighted by Crippen LogP contribution is -2.30. The first-order chi connectivity index (χ1) is 10.0. The van der Waals surface area contributed by atoms with Crippen LogP contribution in [-0.2, 0) is 4.79 Å². The van der Waals surface area contributed by atoms with Gasteiger partial charge in [-0.25, -0.2) is 4.79 Å². The van der Waals surface area contributed by atoms with Gasteiger partial charge in [0.1, 0.15) is 0 Å². The average Bonchev–Trinajstić information content (AvgIpc) is 2.45. The van der Waals surface area contributed by atoms with Crippen LogP contribution >= 0.6 is 11.6 Å². The summed E-state index contributed by atoms with van der Waals surface area (Å²) in [5.74, 6) is 0.0101. The largest absolute Gasteiger partial charge is 0.352 e. The second-order valence-electron chi connectivity index (χ2n) is 4.83. The number of benzene rings is 1. The summed E-state index contributed by atoms with van der Waals surface area (Å²) in [4.78, 5) is 22.4. The maximum absolute atomic E-state index is 11.9. The molecule has 6 heteroatoms. The Morgan fingerprint density at radius 3 is 2.48 bits per heavy atom. The van der Waals surface area contributed by atoms with Crippen molar-refractivity contribution in [1.82, 2.24) is 10.6 Å². The molecule has 5 nitrogen and oxygen atoms in total. The van der Waals surface area contributed by atoms with Gasteiger partial charge in [0.05, 0.1) is 6.04 Å². The molecule has 4 N–H and O–H groups in total. The Labute approximate surface area is 130 Å². The Balaban J connectivity index is 2.34. The average molecular weight is 312 g/mol. The normalized spacial score (nSPS) is 11.7. The van der Waals surface area contributed by atoms with E-state index in [-0.39, 0.29) is 11.9 Å². The second-order valence-corrected chi connectivity index (χ2v) is 5.26. The topological polar surface area (TPSA) is 84.2 Å². The van der Waals surface area contributed by atoms with Crippen LogP contribution in [0, 0.1) is 0 Å². The van der Waals surface area contributed by atoms with Gasteiger partial charge in [-0.3, -0.25) is 4.79 Å². The highest BCUT2D eigenvalue weighted by atomic mass is 35.5. The molecule has 0 aliphatic carbocycles. The smallest absolute Gasteiger partial charge is 0.312 e. The Bertz CT molecular complexity index is 462. The van der Waals surface area contributed by atoms with Crippen molar-refractivity contribution in [1.29, 1.82) is 0 Å². The van der Waals surface area contributed by atoms with Crippen molar-refractivity contribution in [3.63, 3.8) is 0 Å². The maximum atomic E-state index is 11.9. The number of carbonyl (C=O) groups excluding carboxylic acids is 2. The first-order valence-corrected chi connectivity index (χ1v) is 7.49. The molecular weight excluding hydrogens is 290 g/mol. The van der Waals surface area contributed by atoms with Crippen molar-refractivity contribution in [3.05, 3.63) is 34.9 Å². The van der Waals surface area contributed by atoms with Crippen LogP contribution in [0.4, 0.5) is 4.79 Å². The third-order valence-electron chi connectivity index (χ3n) is 3.15. The van der Waals surface area contributed by atoms with Crippen LogP contribution in [0.15, 0.2) is 24.3 Å². The van der Waals surface area contributed by atoms with E-state index >= 15 is 0 Å². The van der Waals surface area contributed by atoms with E-state index in [9.17, 15) is 9.59 Å². The van der Waals surface area contributed by atoms with Gasteiger partial charge in [-0.1, -0.05) is 30.7 Å². The highest BCUT2D eigenvalue weighted by Gasteiger charge is 2.12. The van der Waals surface area contributed by atoms with Gasteiger partial charge in [0.2, 0.25) is 5.91 Å². The van der Waals surface area contributed by atoms with E-state index in [1.165, 1.54) is 0 Å². The SMILES string of the molecule is CCC(NC(=O)CCCCNC(N)=O)c1ccc(Cl)cc1. The molecular formula is C15H22ClN3O2. The van der Waals surface area contributed by atoms with Crippen molar-refractivity contribution in [2.24, 2.45) is 5.73 Å². The monoisotopic (exact) mass is 311 g/mol. The molecule has 0 bridgehead atoms. The molecule has 1 rings (SSSR count). The van der Waals surface area contributed by atoms with Crippen LogP contribution in [0.1, 0.15) is 44.2 Å². The first kappa shape index (κ1) is 17.3. The number of halogens is 1. The lowest BCUT2D eigenvalue weighted by atomic mass is 10.0. The van der Waals surface area contributed by atoms with Gasteiger partial charge in [0.25, 0.3) is 0 Å². The molecule has 3 amide bonds. The summed E-state index contributed by atoms with van der Waals surface area (Å²) in [5, 5.41) is 6.19. The molecule has 1 aromatic carbocycles. The van der Waals surface area contributed by atoms with E-state index in [4.69, 9.17) is 17.3 Å². The molecule has 0 fully saturated rings. The second kappa shape index (κ2) is 9.23. The minimum absolute atomic E-state index is 0.00138. The van der Waals surface area contributed by atoms with E-state index in [1.54, 1.807) is 0 Å². The van der Waals surface area contributed by atoms with Gasteiger partial charge in [0, 0.05) is 18.0 Å². The predicted molar refractivity (Wildman–Crippen MR) is 84.1 cm³/mol. The molecule has 0 aliphatic rings. The third-order valence-corrected chi connectivity index (χ3v) is 3.40. The number of hydrogen-bond acceptors (Lipinski definition) is 2. The summed E-state index contributed by atoms with van der Waals surface area (Å²) in [6.45, 7) is 2.52. The fourth-order valence-electron chi connectivity index (χ4n) is 2.00. The third kappa shape index (κ3) is 6.99. The highest BCUT2D eigenvalue weighted by molar-refractivity contribution is 6.30. The predicted octanol–water partition coefficient (Wildman–Crippen LogP) is 2.75. The van der Waals surface area contributed by atoms with Crippen molar-refractivity contribution < 1.29 is 9.59 Å². The molecule has 1 unspecified atom stereocenters. The lowest BCUT2D eigenvalue weighted by molar-refractivity contribution is -0.122. The minimum Gasteiger partial charge on any atom is -0.352 e. The molecule has 0 heterocycles. The summed E-state index contributed by atoms with van der Waals surface area (Å²) in [7, 11) is 0. The van der Waals surface area contributed by atoms with E-state index < -0.39 is 6.03 Å². The fraction of sp³-hybridized carbons (Fsp3) is 0.467. The molecule has 116 valence electrons. The summed E-state index contributed by atoms with van der Waals surface area (Å²) < 4.78 is 0. The summed E-state index contributed by atoms with van der Waals surface area (Å²) in [6, 6.07) is 6.95. The van der Waals surface area contributed by atoms with Gasteiger partial charge in [-0.15, -0.1) is 0 Å². The number of primary amides is 1. The minimum atomic E-state index is -0.534.